The first-order valence-corrected chi connectivity index (χ1v) is 9.14. The minimum Gasteiger partial charge on any atom is -0.492 e. The molecule has 0 unspecified atom stereocenters. The Bertz CT molecular complexity index is 839. The van der Waals surface area contributed by atoms with E-state index < -0.39 is 0 Å². The molecular formula is C22H22N2O2S. The lowest BCUT2D eigenvalue weighted by molar-refractivity contribution is 0.285. The van der Waals surface area contributed by atoms with Gasteiger partial charge in [-0.2, -0.15) is 0 Å². The van der Waals surface area contributed by atoms with Crippen molar-refractivity contribution in [3.63, 3.8) is 0 Å². The lowest BCUT2D eigenvalue weighted by atomic mass is 10.3. The highest BCUT2D eigenvalue weighted by molar-refractivity contribution is 7.80. The molecule has 0 saturated heterocycles. The van der Waals surface area contributed by atoms with Crippen molar-refractivity contribution in [1.29, 1.82) is 0 Å². The van der Waals surface area contributed by atoms with Gasteiger partial charge in [-0.1, -0.05) is 36.4 Å². The Hall–Kier alpha value is -3.05. The Kier molecular flexibility index (Phi) is 6.66. The minimum absolute atomic E-state index is 0.562. The van der Waals surface area contributed by atoms with Crippen molar-refractivity contribution in [1.82, 2.24) is 4.90 Å². The van der Waals surface area contributed by atoms with Gasteiger partial charge in [-0.3, -0.25) is 0 Å². The van der Waals surface area contributed by atoms with Crippen LogP contribution in [0.25, 0.3) is 0 Å². The van der Waals surface area contributed by atoms with Crippen molar-refractivity contribution in [2.75, 3.05) is 25.5 Å². The van der Waals surface area contributed by atoms with E-state index in [9.17, 15) is 0 Å². The zero-order valence-electron chi connectivity index (χ0n) is 15.2. The van der Waals surface area contributed by atoms with E-state index in [1.807, 2.05) is 96.9 Å². The SMILES string of the molecule is CN(CCOc1ccccc1)C(=S)Nc1ccc(Oc2ccccc2)cc1. The second kappa shape index (κ2) is 9.59. The molecule has 0 spiro atoms. The summed E-state index contributed by atoms with van der Waals surface area (Å²) in [6.45, 7) is 1.25. The maximum atomic E-state index is 5.79. The molecule has 0 aliphatic carbocycles. The normalized spacial score (nSPS) is 10.1. The fourth-order valence-electron chi connectivity index (χ4n) is 2.37. The number of thiocarbonyl (C=S) groups is 1. The first-order valence-electron chi connectivity index (χ1n) is 8.73. The Balaban J connectivity index is 1.45. The smallest absolute Gasteiger partial charge is 0.173 e. The molecule has 0 fully saturated rings. The molecule has 0 heterocycles. The van der Waals surface area contributed by atoms with E-state index in [1.165, 1.54) is 0 Å². The summed E-state index contributed by atoms with van der Waals surface area (Å²) in [6, 6.07) is 27.2. The molecule has 5 heteroatoms. The van der Waals surface area contributed by atoms with Crippen LogP contribution in [0.1, 0.15) is 0 Å². The largest absolute Gasteiger partial charge is 0.492 e. The predicted octanol–water partition coefficient (Wildman–Crippen LogP) is 5.19. The van der Waals surface area contributed by atoms with Crippen molar-refractivity contribution in [3.8, 4) is 17.2 Å². The molecule has 0 aromatic heterocycles. The summed E-state index contributed by atoms with van der Waals surface area (Å²) in [7, 11) is 1.94. The molecule has 0 amide bonds. The molecule has 1 N–H and O–H groups in total. The van der Waals surface area contributed by atoms with Crippen molar-refractivity contribution < 1.29 is 9.47 Å². The molecule has 0 atom stereocenters. The third-order valence-electron chi connectivity index (χ3n) is 3.87. The van der Waals surface area contributed by atoms with Crippen molar-refractivity contribution >= 4 is 23.0 Å². The topological polar surface area (TPSA) is 33.7 Å². The highest BCUT2D eigenvalue weighted by atomic mass is 32.1. The van der Waals surface area contributed by atoms with Crippen molar-refractivity contribution in [3.05, 3.63) is 84.9 Å². The van der Waals surface area contributed by atoms with Crippen LogP contribution in [0, 0.1) is 0 Å². The number of hydrogen-bond donors (Lipinski definition) is 1. The van der Waals surface area contributed by atoms with Crippen LogP contribution in [0.4, 0.5) is 5.69 Å². The fourth-order valence-corrected chi connectivity index (χ4v) is 2.58. The number of nitrogens with one attached hydrogen (secondary N) is 1. The maximum absolute atomic E-state index is 5.79. The van der Waals surface area contributed by atoms with Crippen LogP contribution in [-0.2, 0) is 0 Å². The Morgan fingerprint density at radius 1 is 0.815 bits per heavy atom. The van der Waals surface area contributed by atoms with E-state index in [-0.39, 0.29) is 0 Å². The molecule has 0 aliphatic heterocycles. The van der Waals surface area contributed by atoms with E-state index in [0.29, 0.717) is 18.3 Å². The van der Waals surface area contributed by atoms with E-state index >= 15 is 0 Å². The lowest BCUT2D eigenvalue weighted by Crippen LogP contribution is -2.34. The second-order valence-corrected chi connectivity index (χ2v) is 6.34. The van der Waals surface area contributed by atoms with Crippen LogP contribution < -0.4 is 14.8 Å². The third-order valence-corrected chi connectivity index (χ3v) is 4.28. The van der Waals surface area contributed by atoms with Crippen LogP contribution in [0.3, 0.4) is 0 Å². The van der Waals surface area contributed by atoms with Gasteiger partial charge in [-0.25, -0.2) is 0 Å². The second-order valence-electron chi connectivity index (χ2n) is 5.95. The van der Waals surface area contributed by atoms with Gasteiger partial charge < -0.3 is 19.7 Å². The molecule has 27 heavy (non-hydrogen) atoms. The first-order chi connectivity index (χ1) is 13.2. The summed E-state index contributed by atoms with van der Waals surface area (Å²) in [5, 5.41) is 3.87. The molecule has 0 bridgehead atoms. The molecule has 138 valence electrons. The number of para-hydroxylation sites is 2. The quantitative estimate of drug-likeness (QED) is 0.573. The van der Waals surface area contributed by atoms with Crippen LogP contribution in [-0.4, -0.2) is 30.2 Å². The molecule has 0 aliphatic rings. The van der Waals surface area contributed by atoms with Gasteiger partial charge >= 0.3 is 0 Å². The van der Waals surface area contributed by atoms with Crippen LogP contribution in [0.2, 0.25) is 0 Å². The summed E-state index contributed by atoms with van der Waals surface area (Å²) < 4.78 is 11.5. The molecule has 3 aromatic carbocycles. The van der Waals surface area contributed by atoms with Gasteiger partial charge in [0.1, 0.15) is 23.9 Å². The van der Waals surface area contributed by atoms with E-state index in [2.05, 4.69) is 5.32 Å². The molecule has 3 aromatic rings. The minimum atomic E-state index is 0.562. The summed E-state index contributed by atoms with van der Waals surface area (Å²) in [5.41, 5.74) is 0.913. The zero-order valence-corrected chi connectivity index (χ0v) is 16.0. The van der Waals surface area contributed by atoms with Crippen LogP contribution in [0.15, 0.2) is 84.9 Å². The predicted molar refractivity (Wildman–Crippen MR) is 114 cm³/mol. The molecule has 0 radical (unpaired) electrons. The van der Waals surface area contributed by atoms with Gasteiger partial charge in [0.15, 0.2) is 5.11 Å². The number of ether oxygens (including phenoxy) is 2. The number of rotatable bonds is 7. The average Bonchev–Trinajstić information content (AvgIpc) is 2.71. The lowest BCUT2D eigenvalue weighted by Gasteiger charge is -2.21. The number of benzene rings is 3. The fraction of sp³-hybridized carbons (Fsp3) is 0.136. The summed E-state index contributed by atoms with van der Waals surface area (Å²) in [6.07, 6.45) is 0. The van der Waals surface area contributed by atoms with Gasteiger partial charge in [0.05, 0.1) is 6.54 Å². The van der Waals surface area contributed by atoms with Crippen molar-refractivity contribution in [2.45, 2.75) is 0 Å². The van der Waals surface area contributed by atoms with Gasteiger partial charge in [-0.15, -0.1) is 0 Å². The van der Waals surface area contributed by atoms with E-state index in [0.717, 1.165) is 22.9 Å². The van der Waals surface area contributed by atoms with E-state index in [4.69, 9.17) is 21.7 Å². The third kappa shape index (κ3) is 6.01. The molecule has 4 nitrogen and oxygen atoms in total. The van der Waals surface area contributed by atoms with Gasteiger partial charge in [0.25, 0.3) is 0 Å². The molecule has 0 saturated carbocycles. The first kappa shape index (κ1) is 18.7. The van der Waals surface area contributed by atoms with Crippen LogP contribution >= 0.6 is 12.2 Å². The van der Waals surface area contributed by atoms with Crippen LogP contribution in [0.5, 0.6) is 17.2 Å². The highest BCUT2D eigenvalue weighted by Crippen LogP contribution is 2.22. The number of anilines is 1. The number of hydrogen-bond acceptors (Lipinski definition) is 3. The Morgan fingerprint density at radius 3 is 2.00 bits per heavy atom. The Morgan fingerprint density at radius 2 is 1.37 bits per heavy atom. The van der Waals surface area contributed by atoms with E-state index in [1.54, 1.807) is 0 Å². The number of nitrogens with zero attached hydrogens (tertiary/aromatic N) is 1. The molecule has 3 rings (SSSR count). The van der Waals surface area contributed by atoms with Gasteiger partial charge in [-0.05, 0) is 60.7 Å². The monoisotopic (exact) mass is 378 g/mol. The maximum Gasteiger partial charge on any atom is 0.173 e. The highest BCUT2D eigenvalue weighted by Gasteiger charge is 2.05. The zero-order chi connectivity index (χ0) is 18.9. The summed E-state index contributed by atoms with van der Waals surface area (Å²) >= 11 is 5.45. The van der Waals surface area contributed by atoms with Gasteiger partial charge in [0, 0.05) is 12.7 Å². The number of likely N-dealkylation sites (N-methyl/N-ethyl adjacent to an activating group) is 1. The van der Waals surface area contributed by atoms with Gasteiger partial charge in [0.2, 0.25) is 0 Å². The Labute approximate surface area is 165 Å². The summed E-state index contributed by atoms with van der Waals surface area (Å²) in [5.74, 6) is 2.45. The molecular weight excluding hydrogens is 356 g/mol. The average molecular weight is 378 g/mol. The summed E-state index contributed by atoms with van der Waals surface area (Å²) in [4.78, 5) is 1.95. The standard InChI is InChI=1S/C22H22N2O2S/c1-24(16-17-25-19-8-4-2-5-9-19)22(27)23-18-12-14-21(15-13-18)26-20-10-6-3-7-11-20/h2-15H,16-17H2,1H3,(H,23,27). The van der Waals surface area contributed by atoms with Crippen molar-refractivity contribution in [2.24, 2.45) is 0 Å².